The molecule has 1 amide bonds. The fourth-order valence-corrected chi connectivity index (χ4v) is 9.42. The second kappa shape index (κ2) is 9.24. The highest BCUT2D eigenvalue weighted by Crippen LogP contribution is 2.72. The van der Waals surface area contributed by atoms with Gasteiger partial charge in [-0.3, -0.25) is 9.59 Å². The number of aliphatic hydroxyl groups is 1. The summed E-state index contributed by atoms with van der Waals surface area (Å²) in [6.45, 7) is 10.7. The average molecular weight is 577 g/mol. The van der Waals surface area contributed by atoms with Gasteiger partial charge in [0.2, 0.25) is 5.91 Å². The van der Waals surface area contributed by atoms with Crippen molar-refractivity contribution in [1.82, 2.24) is 10.3 Å². The van der Waals surface area contributed by atoms with E-state index in [4.69, 9.17) is 14.2 Å². The lowest BCUT2D eigenvalue weighted by atomic mass is 9.41. The monoisotopic (exact) mass is 576 g/mol. The highest BCUT2D eigenvalue weighted by Gasteiger charge is 2.78. The first kappa shape index (κ1) is 28.3. The Morgan fingerprint density at radius 1 is 1.17 bits per heavy atom. The number of hydrogen-bond donors (Lipinski definition) is 3. The third kappa shape index (κ3) is 3.49. The van der Waals surface area contributed by atoms with Gasteiger partial charge in [-0.15, -0.1) is 0 Å². The number of hydrogen-bond acceptors (Lipinski definition) is 6. The molecule has 3 heterocycles. The second-order valence-electron chi connectivity index (χ2n) is 14.2. The normalized spacial score (nSPS) is 39.3. The topological polar surface area (TPSA) is 110 Å². The number of rotatable bonds is 7. The Labute approximate surface area is 247 Å². The number of ether oxygens (including phenoxy) is 3. The molecular weight excluding hydrogens is 532 g/mol. The van der Waals surface area contributed by atoms with Crippen LogP contribution in [-0.2, 0) is 35.6 Å². The Morgan fingerprint density at radius 3 is 2.74 bits per heavy atom. The maximum absolute atomic E-state index is 13.5. The molecule has 1 aromatic carbocycles. The SMILES string of the molecule is CCCCCNC(=O)CO[C@H]1C[C@H]2Cc3c([nH]c4ccccc34)[C@]2(C)[C@@]2(C)CCC34O[C@@H](C(=O)C=C3[C@]12O)C(C)(C)O4. The van der Waals surface area contributed by atoms with Crippen LogP contribution in [0.1, 0.15) is 84.4 Å². The maximum atomic E-state index is 13.5. The summed E-state index contributed by atoms with van der Waals surface area (Å²) >= 11 is 0. The van der Waals surface area contributed by atoms with Gasteiger partial charge in [-0.1, -0.05) is 51.8 Å². The molecule has 3 N–H and O–H groups in total. The Bertz CT molecular complexity index is 1490. The van der Waals surface area contributed by atoms with Gasteiger partial charge in [-0.05, 0) is 63.2 Å². The molecule has 226 valence electrons. The summed E-state index contributed by atoms with van der Waals surface area (Å²) in [5.74, 6) is -1.42. The molecular formula is C34H44N2O6. The van der Waals surface area contributed by atoms with Crippen molar-refractivity contribution in [1.29, 1.82) is 0 Å². The third-order valence-corrected chi connectivity index (χ3v) is 11.8. The number of fused-ring (bicyclic) bond motifs is 9. The fourth-order valence-electron chi connectivity index (χ4n) is 9.42. The van der Waals surface area contributed by atoms with Crippen LogP contribution in [0.3, 0.4) is 0 Å². The van der Waals surface area contributed by atoms with Gasteiger partial charge in [0.1, 0.15) is 17.8 Å². The summed E-state index contributed by atoms with van der Waals surface area (Å²) in [4.78, 5) is 30.1. The summed E-state index contributed by atoms with van der Waals surface area (Å²) < 4.78 is 19.5. The van der Waals surface area contributed by atoms with Crippen LogP contribution in [0.5, 0.6) is 0 Å². The molecule has 2 aliphatic heterocycles. The number of carbonyl (C=O) groups excluding carboxylic acids is 2. The van der Waals surface area contributed by atoms with Gasteiger partial charge in [0, 0.05) is 46.0 Å². The van der Waals surface area contributed by atoms with E-state index in [1.807, 2.05) is 19.9 Å². The zero-order valence-electron chi connectivity index (χ0n) is 25.5. The van der Waals surface area contributed by atoms with Crippen molar-refractivity contribution in [2.45, 2.75) is 114 Å². The zero-order chi connectivity index (χ0) is 29.7. The van der Waals surface area contributed by atoms with Crippen LogP contribution in [-0.4, -0.2) is 64.1 Å². The molecule has 1 unspecified atom stereocenters. The van der Waals surface area contributed by atoms with E-state index in [2.05, 4.69) is 49.3 Å². The van der Waals surface area contributed by atoms with E-state index < -0.39 is 40.0 Å². The highest BCUT2D eigenvalue weighted by atomic mass is 16.8. The molecule has 42 heavy (non-hydrogen) atoms. The Kier molecular flexibility index (Phi) is 6.22. The summed E-state index contributed by atoms with van der Waals surface area (Å²) in [6.07, 6.45) is 5.72. The molecule has 7 rings (SSSR count). The number of ketones is 1. The number of H-pyrrole nitrogens is 1. The Morgan fingerprint density at radius 2 is 1.95 bits per heavy atom. The van der Waals surface area contributed by atoms with Crippen molar-refractivity contribution in [2.24, 2.45) is 11.3 Å². The minimum atomic E-state index is -1.61. The van der Waals surface area contributed by atoms with Crippen LogP contribution >= 0.6 is 0 Å². The highest BCUT2D eigenvalue weighted by molar-refractivity contribution is 5.97. The molecule has 2 bridgehead atoms. The van der Waals surface area contributed by atoms with Crippen LogP contribution in [0.2, 0.25) is 0 Å². The van der Waals surface area contributed by atoms with E-state index in [-0.39, 0.29) is 24.2 Å². The molecule has 8 nitrogen and oxygen atoms in total. The van der Waals surface area contributed by atoms with Crippen molar-refractivity contribution in [3.8, 4) is 0 Å². The largest absolute Gasteiger partial charge is 0.382 e. The number of nitrogens with one attached hydrogen (secondary N) is 2. The van der Waals surface area contributed by atoms with Crippen molar-refractivity contribution in [3.63, 3.8) is 0 Å². The number of unbranched alkanes of at least 4 members (excludes halogenated alkanes) is 2. The average Bonchev–Trinajstić information content (AvgIpc) is 3.54. The second-order valence-corrected chi connectivity index (χ2v) is 14.2. The number of aromatic amines is 1. The van der Waals surface area contributed by atoms with E-state index in [9.17, 15) is 14.7 Å². The van der Waals surface area contributed by atoms with E-state index in [1.165, 1.54) is 10.9 Å². The van der Waals surface area contributed by atoms with E-state index in [0.29, 0.717) is 31.4 Å². The van der Waals surface area contributed by atoms with Crippen molar-refractivity contribution in [2.75, 3.05) is 13.2 Å². The first-order valence-corrected chi connectivity index (χ1v) is 15.8. The lowest BCUT2D eigenvalue weighted by Crippen LogP contribution is -2.75. The molecule has 8 heteroatoms. The fraction of sp³-hybridized carbons (Fsp3) is 0.647. The summed E-state index contributed by atoms with van der Waals surface area (Å²) in [5.41, 5.74) is 0.361. The van der Waals surface area contributed by atoms with Crippen LogP contribution in [0.15, 0.2) is 35.9 Å². The first-order chi connectivity index (χ1) is 19.9. The lowest BCUT2D eigenvalue weighted by molar-refractivity contribution is -0.279. The van der Waals surface area contributed by atoms with Gasteiger partial charge in [0.05, 0.1) is 6.10 Å². The van der Waals surface area contributed by atoms with Gasteiger partial charge >= 0.3 is 0 Å². The Hall–Kier alpha value is -2.52. The van der Waals surface area contributed by atoms with E-state index >= 15 is 0 Å². The maximum Gasteiger partial charge on any atom is 0.246 e. The number of benzene rings is 1. The van der Waals surface area contributed by atoms with Crippen molar-refractivity contribution < 1.29 is 28.9 Å². The molecule has 2 saturated carbocycles. The zero-order valence-corrected chi connectivity index (χ0v) is 25.5. The van der Waals surface area contributed by atoms with Crippen LogP contribution in [0.25, 0.3) is 10.9 Å². The van der Waals surface area contributed by atoms with Crippen molar-refractivity contribution in [3.05, 3.63) is 47.2 Å². The van der Waals surface area contributed by atoms with Gasteiger partial charge < -0.3 is 29.6 Å². The molecule has 1 saturated heterocycles. The predicted octanol–water partition coefficient (Wildman–Crippen LogP) is 4.62. The molecule has 3 fully saturated rings. The number of carbonyl (C=O) groups is 2. The molecule has 3 aliphatic carbocycles. The van der Waals surface area contributed by atoms with E-state index in [1.54, 1.807) is 6.08 Å². The van der Waals surface area contributed by atoms with Crippen LogP contribution in [0.4, 0.5) is 0 Å². The Balaban J connectivity index is 1.32. The summed E-state index contributed by atoms with van der Waals surface area (Å²) in [5, 5.41) is 17.5. The smallest absolute Gasteiger partial charge is 0.246 e. The van der Waals surface area contributed by atoms with Crippen molar-refractivity contribution >= 4 is 22.6 Å². The third-order valence-electron chi connectivity index (χ3n) is 11.8. The van der Waals surface area contributed by atoms with Gasteiger partial charge in [0.25, 0.3) is 0 Å². The molecule has 5 aliphatic rings. The van der Waals surface area contributed by atoms with E-state index in [0.717, 1.165) is 36.9 Å². The molecule has 0 radical (unpaired) electrons. The number of aromatic nitrogens is 1. The van der Waals surface area contributed by atoms with Gasteiger partial charge in [-0.2, -0.15) is 0 Å². The minimum absolute atomic E-state index is 0.156. The standard InChI is InChI=1S/C34H44N2O6/c1-6-7-10-15-35-27(38)19-40-26-17-20-16-22-21-11-8-9-12-23(21)36-28(22)32(20,5)31(4)13-14-33-25(34(26,31)39)18-24(37)29(41-33)30(2,3)42-33/h8-9,11-12,18,20,26,29,36,39H,6-7,10,13-17,19H2,1-5H3,(H,35,38)/t20-,26+,29+,31-,32-,33?,34+/m1/s1. The molecule has 1 aromatic heterocycles. The molecule has 1 spiro atoms. The summed E-state index contributed by atoms with van der Waals surface area (Å²) in [7, 11) is 0. The predicted molar refractivity (Wildman–Crippen MR) is 158 cm³/mol. The molecule has 2 aromatic rings. The van der Waals surface area contributed by atoms with Gasteiger partial charge in [0.15, 0.2) is 17.7 Å². The van der Waals surface area contributed by atoms with Gasteiger partial charge in [-0.25, -0.2) is 0 Å². The lowest BCUT2D eigenvalue weighted by Gasteiger charge is -2.67. The number of para-hydroxylation sites is 1. The molecule has 7 atom stereocenters. The van der Waals surface area contributed by atoms with Crippen LogP contribution in [0, 0.1) is 11.3 Å². The summed E-state index contributed by atoms with van der Waals surface area (Å²) in [6, 6.07) is 8.38. The minimum Gasteiger partial charge on any atom is -0.382 e. The first-order valence-electron chi connectivity index (χ1n) is 15.8. The quantitative estimate of drug-likeness (QED) is 0.415. The van der Waals surface area contributed by atoms with Crippen LogP contribution < -0.4 is 5.32 Å². The number of amides is 1.